The second-order valence-electron chi connectivity index (χ2n) is 7.21. The van der Waals surface area contributed by atoms with Crippen molar-refractivity contribution >= 4 is 22.2 Å². The zero-order valence-corrected chi connectivity index (χ0v) is 14.4. The van der Waals surface area contributed by atoms with Gasteiger partial charge in [-0.05, 0) is 48.4 Å². The van der Waals surface area contributed by atoms with Gasteiger partial charge in [0.1, 0.15) is 0 Å². The number of fused-ring (bicyclic) bond motifs is 2. The normalized spacial score (nSPS) is 22.5. The molecule has 1 aromatic carbocycles. The monoisotopic (exact) mass is 330 g/mol. The lowest BCUT2D eigenvalue weighted by Gasteiger charge is -2.40. The van der Waals surface area contributed by atoms with Gasteiger partial charge in [-0.2, -0.15) is 0 Å². The second kappa shape index (κ2) is 5.74. The van der Waals surface area contributed by atoms with Crippen molar-refractivity contribution in [2.75, 3.05) is 25.5 Å². The van der Waals surface area contributed by atoms with Crippen LogP contribution in [0.4, 0.5) is 5.69 Å². The molecule has 0 saturated carbocycles. The molecule has 3 aromatic rings. The summed E-state index contributed by atoms with van der Waals surface area (Å²) in [5, 5.41) is 4.95. The molecular formula is C21H22N4. The number of rotatable bonds is 3. The fourth-order valence-electron chi connectivity index (χ4n) is 4.39. The smallest absolute Gasteiger partial charge is 0.0526 e. The van der Waals surface area contributed by atoms with E-state index < -0.39 is 0 Å². The molecule has 4 heteroatoms. The van der Waals surface area contributed by atoms with E-state index in [2.05, 4.69) is 63.8 Å². The standard InChI is InChI=1S/C21H22N4/c1-25-13-14(10-23-16-4-3-7-22-12-16)8-18-17-5-2-6-19-21(17)15(11-24-19)9-20(18)25/h2-8,11-12,14,20,23-24H,9-10,13H2,1H3/t14-,20+/m0/s1. The van der Waals surface area contributed by atoms with Gasteiger partial charge in [-0.3, -0.25) is 9.88 Å². The van der Waals surface area contributed by atoms with Crippen LogP contribution in [0.1, 0.15) is 11.1 Å². The number of likely N-dealkylation sites (N-methyl/N-ethyl adjacent to an activating group) is 1. The van der Waals surface area contributed by atoms with Crippen LogP contribution in [0, 0.1) is 5.92 Å². The molecule has 0 unspecified atom stereocenters. The first-order chi connectivity index (χ1) is 12.3. The Bertz CT molecular complexity index is 941. The molecule has 0 fully saturated rings. The molecule has 25 heavy (non-hydrogen) atoms. The van der Waals surface area contributed by atoms with Crippen molar-refractivity contribution in [2.45, 2.75) is 12.5 Å². The van der Waals surface area contributed by atoms with Crippen LogP contribution < -0.4 is 5.32 Å². The SMILES string of the molecule is CN1C[C@H](CNc2cccnc2)C=C2c3cccc4[nH]cc(c34)C[C@H]21. The molecular weight excluding hydrogens is 308 g/mol. The number of aromatic amines is 1. The third kappa shape index (κ3) is 2.45. The molecule has 0 spiro atoms. The molecule has 4 nitrogen and oxygen atoms in total. The van der Waals surface area contributed by atoms with E-state index in [1.807, 2.05) is 18.5 Å². The van der Waals surface area contributed by atoms with Gasteiger partial charge in [-0.25, -0.2) is 0 Å². The molecule has 0 amide bonds. The topological polar surface area (TPSA) is 44.0 Å². The number of nitrogens with one attached hydrogen (secondary N) is 2. The van der Waals surface area contributed by atoms with Crippen LogP contribution in [0.5, 0.6) is 0 Å². The van der Waals surface area contributed by atoms with Crippen LogP contribution in [0.15, 0.2) is 55.0 Å². The summed E-state index contributed by atoms with van der Waals surface area (Å²) in [5.74, 6) is 0.493. The van der Waals surface area contributed by atoms with Gasteiger partial charge in [-0.15, -0.1) is 0 Å². The van der Waals surface area contributed by atoms with Crippen molar-refractivity contribution in [3.63, 3.8) is 0 Å². The summed E-state index contributed by atoms with van der Waals surface area (Å²) in [6.07, 6.45) is 9.48. The minimum Gasteiger partial charge on any atom is -0.383 e. The Balaban J connectivity index is 1.48. The molecule has 0 saturated heterocycles. The number of aromatic nitrogens is 2. The van der Waals surface area contributed by atoms with Gasteiger partial charge < -0.3 is 10.3 Å². The highest BCUT2D eigenvalue weighted by atomic mass is 15.1. The van der Waals surface area contributed by atoms with Crippen molar-refractivity contribution in [3.05, 3.63) is 66.1 Å². The van der Waals surface area contributed by atoms with E-state index in [1.165, 1.54) is 27.6 Å². The number of benzene rings is 1. The molecule has 126 valence electrons. The van der Waals surface area contributed by atoms with Gasteiger partial charge in [0, 0.05) is 54.5 Å². The number of hydrogen-bond acceptors (Lipinski definition) is 3. The van der Waals surface area contributed by atoms with Gasteiger partial charge in [0.05, 0.1) is 5.69 Å². The number of nitrogens with zero attached hydrogens (tertiary/aromatic N) is 2. The number of anilines is 1. The van der Waals surface area contributed by atoms with E-state index in [-0.39, 0.29) is 0 Å². The minimum absolute atomic E-state index is 0.489. The predicted octanol–water partition coefficient (Wildman–Crippen LogP) is 3.54. The number of pyridine rings is 1. The fourth-order valence-corrected chi connectivity index (χ4v) is 4.39. The quantitative estimate of drug-likeness (QED) is 0.772. The Kier molecular flexibility index (Phi) is 3.38. The first-order valence-electron chi connectivity index (χ1n) is 8.95. The number of H-pyrrole nitrogens is 1. The largest absolute Gasteiger partial charge is 0.383 e. The highest BCUT2D eigenvalue weighted by molar-refractivity contribution is 5.98. The molecule has 0 radical (unpaired) electrons. The van der Waals surface area contributed by atoms with Gasteiger partial charge in [-0.1, -0.05) is 18.2 Å². The Morgan fingerprint density at radius 3 is 3.12 bits per heavy atom. The average Bonchev–Trinajstić information content (AvgIpc) is 3.06. The van der Waals surface area contributed by atoms with Gasteiger partial charge in [0.25, 0.3) is 0 Å². The van der Waals surface area contributed by atoms with Crippen LogP contribution in [0.3, 0.4) is 0 Å². The zero-order valence-electron chi connectivity index (χ0n) is 14.4. The Morgan fingerprint density at radius 1 is 1.28 bits per heavy atom. The molecule has 3 heterocycles. The van der Waals surface area contributed by atoms with E-state index in [9.17, 15) is 0 Å². The van der Waals surface area contributed by atoms with Crippen LogP contribution in [0.25, 0.3) is 16.5 Å². The lowest BCUT2D eigenvalue weighted by atomic mass is 9.80. The predicted molar refractivity (Wildman–Crippen MR) is 103 cm³/mol. The molecule has 1 aliphatic carbocycles. The molecule has 5 rings (SSSR count). The Morgan fingerprint density at radius 2 is 2.24 bits per heavy atom. The summed E-state index contributed by atoms with van der Waals surface area (Å²) in [7, 11) is 2.26. The third-order valence-corrected chi connectivity index (χ3v) is 5.57. The summed E-state index contributed by atoms with van der Waals surface area (Å²) in [6, 6.07) is 11.2. The highest BCUT2D eigenvalue weighted by Crippen LogP contribution is 2.40. The van der Waals surface area contributed by atoms with E-state index >= 15 is 0 Å². The lowest BCUT2D eigenvalue weighted by molar-refractivity contribution is 0.249. The maximum Gasteiger partial charge on any atom is 0.0526 e. The van der Waals surface area contributed by atoms with Crippen LogP contribution in [-0.4, -0.2) is 41.0 Å². The molecule has 2 aromatic heterocycles. The first kappa shape index (κ1) is 14.7. The van der Waals surface area contributed by atoms with E-state index in [1.54, 1.807) is 0 Å². The van der Waals surface area contributed by atoms with Crippen LogP contribution in [-0.2, 0) is 6.42 Å². The minimum atomic E-state index is 0.489. The first-order valence-corrected chi connectivity index (χ1v) is 8.95. The summed E-state index contributed by atoms with van der Waals surface area (Å²) in [5.41, 5.74) is 6.69. The van der Waals surface area contributed by atoms with Gasteiger partial charge in [0.15, 0.2) is 0 Å². The van der Waals surface area contributed by atoms with Crippen molar-refractivity contribution in [3.8, 4) is 0 Å². The maximum absolute atomic E-state index is 4.18. The van der Waals surface area contributed by atoms with Gasteiger partial charge >= 0.3 is 0 Å². The molecule has 2 atom stereocenters. The number of hydrogen-bond donors (Lipinski definition) is 2. The van der Waals surface area contributed by atoms with Crippen molar-refractivity contribution < 1.29 is 0 Å². The summed E-state index contributed by atoms with van der Waals surface area (Å²) >= 11 is 0. The molecule has 0 bridgehead atoms. The molecule has 2 N–H and O–H groups in total. The summed E-state index contributed by atoms with van der Waals surface area (Å²) in [6.45, 7) is 2.01. The average molecular weight is 330 g/mol. The van der Waals surface area contributed by atoms with Crippen molar-refractivity contribution in [2.24, 2.45) is 5.92 Å². The van der Waals surface area contributed by atoms with Crippen molar-refractivity contribution in [1.82, 2.24) is 14.9 Å². The van der Waals surface area contributed by atoms with E-state index in [4.69, 9.17) is 0 Å². The van der Waals surface area contributed by atoms with E-state index in [0.717, 1.165) is 25.2 Å². The third-order valence-electron chi connectivity index (χ3n) is 5.57. The summed E-state index contributed by atoms with van der Waals surface area (Å²) in [4.78, 5) is 10.1. The summed E-state index contributed by atoms with van der Waals surface area (Å²) < 4.78 is 0. The Hall–Kier alpha value is -2.59. The van der Waals surface area contributed by atoms with Crippen LogP contribution >= 0.6 is 0 Å². The zero-order chi connectivity index (χ0) is 16.8. The molecule has 1 aliphatic heterocycles. The van der Waals surface area contributed by atoms with Crippen LogP contribution in [0.2, 0.25) is 0 Å². The molecule has 2 aliphatic rings. The highest BCUT2D eigenvalue weighted by Gasteiger charge is 2.33. The second-order valence-corrected chi connectivity index (χ2v) is 7.21. The van der Waals surface area contributed by atoms with E-state index in [0.29, 0.717) is 12.0 Å². The van der Waals surface area contributed by atoms with Crippen molar-refractivity contribution in [1.29, 1.82) is 0 Å². The van der Waals surface area contributed by atoms with Gasteiger partial charge in [0.2, 0.25) is 0 Å². The Labute approximate surface area is 147 Å². The fraction of sp³-hybridized carbons (Fsp3) is 0.286. The maximum atomic E-state index is 4.18. The lowest BCUT2D eigenvalue weighted by Crippen LogP contribution is -2.43.